The second-order valence-electron chi connectivity index (χ2n) is 4.56. The van der Waals surface area contributed by atoms with Crippen molar-refractivity contribution >= 4 is 11.0 Å². The third-order valence-corrected chi connectivity index (χ3v) is 3.17. The van der Waals surface area contributed by atoms with Gasteiger partial charge in [-0.1, -0.05) is 0 Å². The third-order valence-electron chi connectivity index (χ3n) is 3.17. The van der Waals surface area contributed by atoms with E-state index in [2.05, 4.69) is 16.0 Å². The molecule has 0 bridgehead atoms. The van der Waals surface area contributed by atoms with Crippen LogP contribution in [0.15, 0.2) is 41.3 Å². The van der Waals surface area contributed by atoms with Crippen molar-refractivity contribution in [2.45, 2.75) is 13.3 Å². The smallest absolute Gasteiger partial charge is 0.134 e. The molecule has 2 N–H and O–H groups in total. The Morgan fingerprint density at radius 2 is 2.11 bits per heavy atom. The summed E-state index contributed by atoms with van der Waals surface area (Å²) in [6, 6.07) is 6.05. The van der Waals surface area contributed by atoms with Gasteiger partial charge in [0, 0.05) is 23.6 Å². The second kappa shape index (κ2) is 4.82. The first kappa shape index (κ1) is 11.9. The van der Waals surface area contributed by atoms with Crippen molar-refractivity contribution in [1.82, 2.24) is 9.97 Å². The minimum atomic E-state index is 0.591. The van der Waals surface area contributed by atoms with Crippen LogP contribution in [0.25, 0.3) is 22.2 Å². The Balaban J connectivity index is 2.00. The summed E-state index contributed by atoms with van der Waals surface area (Å²) >= 11 is 0. The Kier molecular flexibility index (Phi) is 3.01. The van der Waals surface area contributed by atoms with E-state index in [9.17, 15) is 0 Å². The number of nitrogens with two attached hydrogens (primary N) is 1. The molecular formula is C15H15N3O. The molecule has 0 saturated carbocycles. The number of aromatic nitrogens is 2. The topological polar surface area (TPSA) is 64.9 Å². The molecule has 0 aliphatic rings. The third kappa shape index (κ3) is 2.22. The average molecular weight is 253 g/mol. The highest BCUT2D eigenvalue weighted by Gasteiger charge is 2.06. The molecule has 0 atom stereocenters. The zero-order chi connectivity index (χ0) is 13.2. The number of rotatable bonds is 3. The van der Waals surface area contributed by atoms with Crippen molar-refractivity contribution < 1.29 is 4.42 Å². The SMILES string of the molecule is Cc1coc2ccc(-c3cnc(CCN)cn3)cc12. The first-order valence-electron chi connectivity index (χ1n) is 6.27. The monoisotopic (exact) mass is 253 g/mol. The van der Waals surface area contributed by atoms with E-state index in [1.54, 1.807) is 18.7 Å². The summed E-state index contributed by atoms with van der Waals surface area (Å²) in [5, 5.41) is 1.12. The van der Waals surface area contributed by atoms with Crippen molar-refractivity contribution in [3.05, 3.63) is 48.1 Å². The van der Waals surface area contributed by atoms with Crippen LogP contribution in [0.3, 0.4) is 0 Å². The van der Waals surface area contributed by atoms with E-state index in [4.69, 9.17) is 10.2 Å². The van der Waals surface area contributed by atoms with Gasteiger partial charge < -0.3 is 10.2 Å². The van der Waals surface area contributed by atoms with E-state index >= 15 is 0 Å². The maximum atomic E-state index is 5.50. The normalized spacial score (nSPS) is 11.1. The van der Waals surface area contributed by atoms with Gasteiger partial charge in [-0.05, 0) is 37.2 Å². The van der Waals surface area contributed by atoms with Gasteiger partial charge in [0.25, 0.3) is 0 Å². The minimum Gasteiger partial charge on any atom is -0.464 e. The molecule has 19 heavy (non-hydrogen) atoms. The number of aryl methyl sites for hydroxylation is 1. The van der Waals surface area contributed by atoms with Crippen LogP contribution in [0.2, 0.25) is 0 Å². The van der Waals surface area contributed by atoms with E-state index in [1.165, 1.54) is 0 Å². The molecule has 4 nitrogen and oxygen atoms in total. The highest BCUT2D eigenvalue weighted by molar-refractivity contribution is 5.85. The number of hydrogen-bond acceptors (Lipinski definition) is 4. The summed E-state index contributed by atoms with van der Waals surface area (Å²) in [4.78, 5) is 8.81. The second-order valence-corrected chi connectivity index (χ2v) is 4.56. The summed E-state index contributed by atoms with van der Waals surface area (Å²) in [5.74, 6) is 0. The molecular weight excluding hydrogens is 238 g/mol. The van der Waals surface area contributed by atoms with Crippen molar-refractivity contribution in [3.63, 3.8) is 0 Å². The predicted octanol–water partition coefficient (Wildman–Crippen LogP) is 2.70. The van der Waals surface area contributed by atoms with Gasteiger partial charge in [-0.3, -0.25) is 9.97 Å². The molecule has 0 spiro atoms. The number of furan rings is 1. The maximum Gasteiger partial charge on any atom is 0.134 e. The maximum absolute atomic E-state index is 5.50. The standard InChI is InChI=1S/C15H15N3O/c1-10-9-19-15-3-2-11(6-13(10)15)14-8-17-12(4-5-16)7-18-14/h2-3,6-9H,4-5,16H2,1H3. The Morgan fingerprint density at radius 3 is 2.84 bits per heavy atom. The lowest BCUT2D eigenvalue weighted by Crippen LogP contribution is -2.04. The molecule has 2 heterocycles. The molecule has 0 aliphatic heterocycles. The molecule has 0 saturated heterocycles. The fraction of sp³-hybridized carbons (Fsp3) is 0.200. The Bertz CT molecular complexity index is 701. The van der Waals surface area contributed by atoms with Crippen LogP contribution in [-0.2, 0) is 6.42 Å². The van der Waals surface area contributed by atoms with Gasteiger partial charge in [0.05, 0.1) is 23.8 Å². The van der Waals surface area contributed by atoms with Crippen LogP contribution in [0.1, 0.15) is 11.3 Å². The molecule has 0 aliphatic carbocycles. The minimum absolute atomic E-state index is 0.591. The molecule has 0 amide bonds. The lowest BCUT2D eigenvalue weighted by Gasteiger charge is -2.02. The lowest BCUT2D eigenvalue weighted by atomic mass is 10.1. The number of fused-ring (bicyclic) bond motifs is 1. The molecule has 96 valence electrons. The van der Waals surface area contributed by atoms with E-state index in [1.807, 2.05) is 19.1 Å². The lowest BCUT2D eigenvalue weighted by molar-refractivity contribution is 0.613. The van der Waals surface area contributed by atoms with Gasteiger partial charge >= 0.3 is 0 Å². The van der Waals surface area contributed by atoms with E-state index < -0.39 is 0 Å². The number of benzene rings is 1. The number of nitrogens with zero attached hydrogens (tertiary/aromatic N) is 2. The fourth-order valence-corrected chi connectivity index (χ4v) is 2.10. The summed E-state index contributed by atoms with van der Waals surface area (Å²) in [6.07, 6.45) is 6.10. The van der Waals surface area contributed by atoms with Gasteiger partial charge in [0.15, 0.2) is 0 Å². The molecule has 0 fully saturated rings. The van der Waals surface area contributed by atoms with Gasteiger partial charge in [0.2, 0.25) is 0 Å². The van der Waals surface area contributed by atoms with E-state index in [0.717, 1.165) is 39.9 Å². The average Bonchev–Trinajstić information content (AvgIpc) is 2.81. The summed E-state index contributed by atoms with van der Waals surface area (Å²) in [6.45, 7) is 2.62. The van der Waals surface area contributed by atoms with Gasteiger partial charge in [-0.15, -0.1) is 0 Å². The molecule has 0 radical (unpaired) electrons. The van der Waals surface area contributed by atoms with Crippen LogP contribution < -0.4 is 5.73 Å². The Labute approximate surface area is 111 Å². The van der Waals surface area contributed by atoms with Crippen molar-refractivity contribution in [2.24, 2.45) is 5.73 Å². The predicted molar refractivity (Wildman–Crippen MR) is 74.7 cm³/mol. The molecule has 3 rings (SSSR count). The first-order valence-corrected chi connectivity index (χ1v) is 6.27. The van der Waals surface area contributed by atoms with Gasteiger partial charge in [-0.2, -0.15) is 0 Å². The zero-order valence-corrected chi connectivity index (χ0v) is 10.8. The van der Waals surface area contributed by atoms with Gasteiger partial charge in [-0.25, -0.2) is 0 Å². The summed E-state index contributed by atoms with van der Waals surface area (Å²) in [5.41, 5.74) is 10.4. The van der Waals surface area contributed by atoms with Crippen molar-refractivity contribution in [1.29, 1.82) is 0 Å². The molecule has 0 unspecified atom stereocenters. The van der Waals surface area contributed by atoms with Crippen LogP contribution >= 0.6 is 0 Å². The van der Waals surface area contributed by atoms with Crippen LogP contribution in [-0.4, -0.2) is 16.5 Å². The zero-order valence-electron chi connectivity index (χ0n) is 10.8. The molecule has 4 heteroatoms. The van der Waals surface area contributed by atoms with Crippen LogP contribution in [0.4, 0.5) is 0 Å². The molecule has 2 aromatic heterocycles. The highest BCUT2D eigenvalue weighted by Crippen LogP contribution is 2.26. The molecule has 1 aromatic carbocycles. The van der Waals surface area contributed by atoms with E-state index in [0.29, 0.717) is 6.54 Å². The fourth-order valence-electron chi connectivity index (χ4n) is 2.10. The number of hydrogen-bond donors (Lipinski definition) is 1. The highest BCUT2D eigenvalue weighted by atomic mass is 16.3. The molecule has 3 aromatic rings. The Morgan fingerprint density at radius 1 is 1.21 bits per heavy atom. The van der Waals surface area contributed by atoms with Gasteiger partial charge in [0.1, 0.15) is 5.58 Å². The first-order chi connectivity index (χ1) is 9.28. The van der Waals surface area contributed by atoms with Crippen molar-refractivity contribution in [3.8, 4) is 11.3 Å². The van der Waals surface area contributed by atoms with E-state index in [-0.39, 0.29) is 0 Å². The Hall–Kier alpha value is -2.20. The van der Waals surface area contributed by atoms with Crippen LogP contribution in [0.5, 0.6) is 0 Å². The summed E-state index contributed by atoms with van der Waals surface area (Å²) < 4.78 is 5.44. The van der Waals surface area contributed by atoms with Crippen LogP contribution in [0, 0.1) is 6.92 Å². The summed E-state index contributed by atoms with van der Waals surface area (Å²) in [7, 11) is 0. The van der Waals surface area contributed by atoms with Crippen molar-refractivity contribution in [2.75, 3.05) is 6.54 Å². The quantitative estimate of drug-likeness (QED) is 0.779. The largest absolute Gasteiger partial charge is 0.464 e.